The fraction of sp³-hybridized carbons (Fsp3) is 0.320. The third-order valence-corrected chi connectivity index (χ3v) is 7.60. The number of nitriles is 1. The van der Waals surface area contributed by atoms with Gasteiger partial charge in [-0.05, 0) is 74.2 Å². The molecule has 1 saturated carbocycles. The second-order valence-corrected chi connectivity index (χ2v) is 10.4. The van der Waals surface area contributed by atoms with Crippen LogP contribution in [0.2, 0.25) is 0 Å². The van der Waals surface area contributed by atoms with Crippen molar-refractivity contribution in [1.29, 1.82) is 5.26 Å². The maximum absolute atomic E-state index is 12.7. The van der Waals surface area contributed by atoms with Crippen LogP contribution in [0.5, 0.6) is 5.75 Å². The molecule has 194 valence electrons. The number of benzene rings is 2. The molecular weight excluding hydrogens is 502 g/mol. The number of phenols is 1. The second-order valence-electron chi connectivity index (χ2n) is 8.93. The molecule has 1 fully saturated rings. The van der Waals surface area contributed by atoms with Gasteiger partial charge in [0, 0.05) is 23.6 Å². The zero-order chi connectivity index (χ0) is 26.6. The quantitative estimate of drug-likeness (QED) is 0.237. The van der Waals surface area contributed by atoms with Gasteiger partial charge in [0.2, 0.25) is 0 Å². The lowest BCUT2D eigenvalue weighted by Crippen LogP contribution is -2.41. The van der Waals surface area contributed by atoms with Gasteiger partial charge in [-0.25, -0.2) is 0 Å². The summed E-state index contributed by atoms with van der Waals surface area (Å²) in [4.78, 5) is 12.2. The number of aromatic hydroxyl groups is 1. The molecule has 0 aliphatic heterocycles. The number of hydrogen-bond donors (Lipinski definition) is 4. The van der Waals surface area contributed by atoms with Crippen LogP contribution >= 0.6 is 0 Å². The number of amides is 1. The van der Waals surface area contributed by atoms with Crippen molar-refractivity contribution in [3.05, 3.63) is 60.3 Å². The molecule has 1 atom stereocenters. The first kappa shape index (κ1) is 26.2. The van der Waals surface area contributed by atoms with E-state index in [1.165, 1.54) is 30.5 Å². The van der Waals surface area contributed by atoms with Crippen molar-refractivity contribution in [2.24, 2.45) is 5.73 Å². The first-order valence-electron chi connectivity index (χ1n) is 11.6. The number of phenolic OH excluding ortho intramolecular Hbond substituents is 1. The molecule has 1 aliphatic carbocycles. The number of rotatable bonds is 9. The van der Waals surface area contributed by atoms with Crippen molar-refractivity contribution in [1.82, 2.24) is 9.78 Å². The van der Waals surface area contributed by atoms with Crippen molar-refractivity contribution >= 4 is 34.3 Å². The number of aromatic nitrogens is 2. The fourth-order valence-corrected chi connectivity index (χ4v) is 5.14. The third-order valence-electron chi connectivity index (χ3n) is 6.54. The van der Waals surface area contributed by atoms with E-state index in [9.17, 15) is 28.5 Å². The highest BCUT2D eigenvalue weighted by Crippen LogP contribution is 2.39. The molecule has 1 aromatic heterocycles. The molecule has 1 unspecified atom stereocenters. The number of carbonyl (C=O) groups is 1. The van der Waals surface area contributed by atoms with Crippen molar-refractivity contribution in [3.63, 3.8) is 0 Å². The summed E-state index contributed by atoms with van der Waals surface area (Å²) < 4.78 is 38.7. The van der Waals surface area contributed by atoms with E-state index in [1.807, 2.05) is 0 Å². The fourth-order valence-electron chi connectivity index (χ4n) is 4.53. The van der Waals surface area contributed by atoms with E-state index in [-0.39, 0.29) is 34.5 Å². The van der Waals surface area contributed by atoms with Crippen LogP contribution in [-0.2, 0) is 16.7 Å². The summed E-state index contributed by atoms with van der Waals surface area (Å²) in [6, 6.07) is 14.8. The topological polar surface area (TPSA) is 152 Å². The van der Waals surface area contributed by atoms with Gasteiger partial charge < -0.3 is 26.0 Å². The highest BCUT2D eigenvalue weighted by Gasteiger charge is 2.39. The minimum Gasteiger partial charge on any atom is -0.607 e. The van der Waals surface area contributed by atoms with Gasteiger partial charge in [-0.1, -0.05) is 0 Å². The predicted octanol–water partition coefficient (Wildman–Crippen LogP) is 4.43. The third kappa shape index (κ3) is 5.95. The number of carbonyl (C=O) groups excluding carboxylic acids is 1. The second kappa shape index (κ2) is 11.1. The van der Waals surface area contributed by atoms with Crippen molar-refractivity contribution in [2.75, 3.05) is 10.6 Å². The minimum absolute atomic E-state index is 0.0214. The number of primary amides is 1. The zero-order valence-corrected chi connectivity index (χ0v) is 20.5. The van der Waals surface area contributed by atoms with E-state index in [1.54, 1.807) is 28.9 Å². The monoisotopic (exact) mass is 528 g/mol. The Bertz CT molecular complexity index is 1270. The molecule has 12 heteroatoms. The van der Waals surface area contributed by atoms with Gasteiger partial charge in [-0.3, -0.25) is 9.48 Å². The van der Waals surface area contributed by atoms with Crippen molar-refractivity contribution in [3.8, 4) is 11.8 Å². The Labute approximate surface area is 215 Å². The maximum Gasteiger partial charge on any atom is 0.402 e. The van der Waals surface area contributed by atoms with E-state index in [2.05, 4.69) is 21.8 Å². The molecule has 2 aromatic carbocycles. The largest absolute Gasteiger partial charge is 0.607 e. The van der Waals surface area contributed by atoms with Gasteiger partial charge in [0.25, 0.3) is 5.91 Å². The Balaban J connectivity index is 1.53. The van der Waals surface area contributed by atoms with E-state index in [0.717, 1.165) is 18.5 Å². The van der Waals surface area contributed by atoms with Gasteiger partial charge in [0.05, 0.1) is 29.2 Å². The zero-order valence-electron chi connectivity index (χ0n) is 19.7. The minimum atomic E-state index is -2.99. The summed E-state index contributed by atoms with van der Waals surface area (Å²) >= 11 is -2.43. The number of nitrogens with one attached hydrogen (secondary N) is 2. The molecular formula is C25H26F2N6O3S. The van der Waals surface area contributed by atoms with Crippen LogP contribution in [-0.4, -0.2) is 37.1 Å². The summed E-state index contributed by atoms with van der Waals surface area (Å²) in [5.74, 6) is -3.33. The average molecular weight is 529 g/mol. The lowest BCUT2D eigenvalue weighted by atomic mass is 9.77. The molecule has 0 bridgehead atoms. The molecule has 9 nitrogen and oxygen atoms in total. The number of alkyl halides is 2. The molecule has 0 saturated heterocycles. The summed E-state index contributed by atoms with van der Waals surface area (Å²) in [7, 11) is 0. The number of anilines is 3. The van der Waals surface area contributed by atoms with Crippen LogP contribution in [0.3, 0.4) is 0 Å². The van der Waals surface area contributed by atoms with Crippen LogP contribution in [0, 0.1) is 11.3 Å². The highest BCUT2D eigenvalue weighted by atomic mass is 32.2. The lowest BCUT2D eigenvalue weighted by molar-refractivity contribution is 0.1000. The Morgan fingerprint density at radius 3 is 2.41 bits per heavy atom. The smallest absolute Gasteiger partial charge is 0.402 e. The number of hydrogen-bond acceptors (Lipinski definition) is 7. The van der Waals surface area contributed by atoms with Crippen LogP contribution in [0.25, 0.3) is 0 Å². The Hall–Kier alpha value is -3.82. The van der Waals surface area contributed by atoms with E-state index in [0.29, 0.717) is 18.5 Å². The van der Waals surface area contributed by atoms with E-state index in [4.69, 9.17) is 5.73 Å². The lowest BCUT2D eigenvalue weighted by Gasteiger charge is -2.39. The van der Waals surface area contributed by atoms with Crippen LogP contribution in [0.15, 0.2) is 59.6 Å². The van der Waals surface area contributed by atoms with Gasteiger partial charge in [0.15, 0.2) is 10.7 Å². The molecule has 0 radical (unpaired) electrons. The van der Waals surface area contributed by atoms with Crippen molar-refractivity contribution in [2.45, 2.75) is 54.3 Å². The van der Waals surface area contributed by atoms with E-state index >= 15 is 0 Å². The number of nitrogens with zero attached hydrogens (tertiary/aromatic N) is 3. The van der Waals surface area contributed by atoms with Crippen molar-refractivity contribution < 1.29 is 23.2 Å². The van der Waals surface area contributed by atoms with Gasteiger partial charge >= 0.3 is 5.76 Å². The highest BCUT2D eigenvalue weighted by molar-refractivity contribution is 7.91. The first-order chi connectivity index (χ1) is 17.7. The maximum atomic E-state index is 12.7. The number of halogens is 2. The molecule has 37 heavy (non-hydrogen) atoms. The standard InChI is InChI=1S/C25H26F2N6O3S/c26-24(27)37(36)20-7-3-17(4-8-20)31-23-21(22(29)35)15-33(32-23)25(13-14-28)11-9-18(10-12-25)30-16-1-5-19(34)6-2-16/h1-8,15,18,24,30,34H,9-13H2,(H2,29,35)(H,31,32). The Morgan fingerprint density at radius 2 is 1.84 bits per heavy atom. The molecule has 0 spiro atoms. The first-order valence-corrected chi connectivity index (χ1v) is 12.8. The molecule has 1 heterocycles. The Morgan fingerprint density at radius 1 is 1.22 bits per heavy atom. The normalized spacial score (nSPS) is 20.2. The summed E-state index contributed by atoms with van der Waals surface area (Å²) in [6.45, 7) is 0. The Kier molecular flexibility index (Phi) is 7.85. The molecule has 3 aromatic rings. The average Bonchev–Trinajstić information content (AvgIpc) is 3.31. The van der Waals surface area contributed by atoms with Crippen LogP contribution < -0.4 is 16.4 Å². The predicted molar refractivity (Wildman–Crippen MR) is 135 cm³/mol. The summed E-state index contributed by atoms with van der Waals surface area (Å²) in [5, 5.41) is 30.1. The number of nitrogens with two attached hydrogens (primary N) is 1. The molecule has 1 amide bonds. The SMILES string of the molecule is N#CCC1(n2cc(C(N)=O)c(Nc3ccc([S+]([O-])C(F)F)cc3)n2)CCC(Nc2ccc(O)cc2)CC1. The van der Waals surface area contributed by atoms with Crippen LogP contribution in [0.1, 0.15) is 42.5 Å². The van der Waals surface area contributed by atoms with Gasteiger partial charge in [-0.15, -0.1) is 0 Å². The summed E-state index contributed by atoms with van der Waals surface area (Å²) in [5.41, 5.74) is 6.42. The van der Waals surface area contributed by atoms with Gasteiger partial charge in [0.1, 0.15) is 11.3 Å². The van der Waals surface area contributed by atoms with E-state index < -0.39 is 28.4 Å². The summed E-state index contributed by atoms with van der Waals surface area (Å²) in [6.07, 6.45) is 4.48. The van der Waals surface area contributed by atoms with Crippen LogP contribution in [0.4, 0.5) is 26.0 Å². The molecule has 5 N–H and O–H groups in total. The molecule has 1 aliphatic rings. The molecule has 4 rings (SSSR count). The van der Waals surface area contributed by atoms with Gasteiger partial charge in [-0.2, -0.15) is 19.1 Å².